The molecule has 0 radical (unpaired) electrons. The van der Waals surface area contributed by atoms with Gasteiger partial charge in [0.1, 0.15) is 16.3 Å². The number of hydrazine groups is 3. The smallest absolute Gasteiger partial charge is 0.339 e. The van der Waals surface area contributed by atoms with Crippen molar-refractivity contribution in [3.63, 3.8) is 0 Å². The van der Waals surface area contributed by atoms with Crippen LogP contribution in [0.15, 0.2) is 210 Å². The molecule has 0 saturated heterocycles. The standard InChI is InChI=1S/C14H11BrN2O2.C14H9BrN2O.C8H7BrO.C7H7BrN2O.C7H5ClO.C2H6O.BrHO11.Cl3OP.H4N2.H2O/c15-12-8-6-11(7-9-12)14(19)17-16-13(18)10-4-2-1-3-5-10;15-12-8-6-11(7-9-12)14-17-16-13(18-14)10-4-2-1-3-5-10;1-6(10)7-2-4-8(9)5-3-7;8-6-3-1-5(2-4-6)7(11)10-9;8-7(9)6-4-2-1-3-5-6;1-2-3;1-3-5-7-9-11-12-10-8-6-4-2;1-5(2,3)4;1-2;/h1-9H,(H,16,18)(H,17,19);1-9H;2-5H,1H3;1-4H,9H2,(H,10,11);1-5H;3H,2H2,1H3;2H;;1-2H2;1H2. The zero-order chi connectivity index (χ0) is 66.8. The van der Waals surface area contributed by atoms with Gasteiger partial charge >= 0.3 is 5.20 Å². The first-order valence-electron chi connectivity index (χ1n) is 23.5. The zero-order valence-corrected chi connectivity index (χ0v) is 57.8. The van der Waals surface area contributed by atoms with Crippen LogP contribution in [0, 0.1) is 0 Å². The van der Waals surface area contributed by atoms with Gasteiger partial charge in [0.15, 0.2) is 5.78 Å². The molecule has 0 spiro atoms. The number of benzene rings is 7. The Hall–Kier alpha value is -5.42. The van der Waals surface area contributed by atoms with E-state index in [-0.39, 0.29) is 35.6 Å². The molecule has 1 heterocycles. The lowest BCUT2D eigenvalue weighted by molar-refractivity contribution is -0.851. The Bertz CT molecular complexity index is 3230. The van der Waals surface area contributed by atoms with E-state index in [4.69, 9.17) is 32.2 Å². The minimum absolute atomic E-state index is 0. The average molecular weight is 1680 g/mol. The second-order valence-electron chi connectivity index (χ2n) is 14.6. The molecular weight excluding hydrogens is 1630 g/mol. The SMILES string of the molecule is Brc1ccc(-c2nnc(-c3ccccc3)o2)cc1.CC(=O)c1ccc(Br)cc1.CCO.NN.NNC(=O)c1ccc(Br)cc1.O.O=C(Cl)c1ccccc1.O=C(NNC(=O)c1ccc(Br)cc1)c1ccccc1.O=P(Cl)(Cl)Cl.OOOOOOOOOOOBr. The summed E-state index contributed by atoms with van der Waals surface area (Å²) in [5.41, 5.74) is 11.4. The van der Waals surface area contributed by atoms with Crippen molar-refractivity contribution in [3.05, 3.63) is 234 Å². The van der Waals surface area contributed by atoms with E-state index in [1.165, 1.54) is 0 Å². The molecule has 0 aliphatic carbocycles. The number of rotatable bonds is 16. The van der Waals surface area contributed by atoms with Gasteiger partial charge < -0.3 is 15.0 Å². The Balaban J connectivity index is 0. The van der Waals surface area contributed by atoms with Crippen LogP contribution in [0.2, 0.25) is 0 Å². The Morgan fingerprint density at radius 1 is 0.511 bits per heavy atom. The third-order valence-electron chi connectivity index (χ3n) is 8.71. The monoisotopic (exact) mass is 1670 g/mol. The molecule has 488 valence electrons. The first-order chi connectivity index (χ1) is 42.6. The Labute approximate surface area is 573 Å². The van der Waals surface area contributed by atoms with Gasteiger partial charge in [-0.15, -0.1) is 14.2 Å². The van der Waals surface area contributed by atoms with E-state index in [0.29, 0.717) is 34.0 Å². The van der Waals surface area contributed by atoms with Gasteiger partial charge in [0, 0.05) is 63.4 Å². The van der Waals surface area contributed by atoms with Gasteiger partial charge in [-0.25, -0.2) is 11.1 Å². The number of ketones is 1. The van der Waals surface area contributed by atoms with Gasteiger partial charge in [0.25, 0.3) is 23.0 Å². The Kier molecular flexibility index (Phi) is 52.1. The fourth-order valence-electron chi connectivity index (χ4n) is 5.11. The highest BCUT2D eigenvalue weighted by Crippen LogP contribution is 2.61. The van der Waals surface area contributed by atoms with E-state index >= 15 is 0 Å². The number of aliphatic hydroxyl groups excluding tert-OH is 1. The van der Waals surface area contributed by atoms with Crippen molar-refractivity contribution in [2.24, 2.45) is 17.5 Å². The van der Waals surface area contributed by atoms with Crippen molar-refractivity contribution >= 4 is 159 Å². The fourth-order valence-corrected chi connectivity index (χ4v) is 6.34. The Morgan fingerprint density at radius 2 is 0.800 bits per heavy atom. The molecule has 0 aliphatic rings. The van der Waals surface area contributed by atoms with Gasteiger partial charge in [0.05, 0.1) is 0 Å². The van der Waals surface area contributed by atoms with E-state index in [9.17, 15) is 28.5 Å². The van der Waals surface area contributed by atoms with Crippen molar-refractivity contribution in [2.45, 2.75) is 13.8 Å². The van der Waals surface area contributed by atoms with Crippen LogP contribution in [-0.4, -0.2) is 61.4 Å². The molecule has 0 atom stereocenters. The molecule has 0 bridgehead atoms. The van der Waals surface area contributed by atoms with Crippen molar-refractivity contribution in [1.82, 2.24) is 26.5 Å². The minimum Gasteiger partial charge on any atom is -0.416 e. The van der Waals surface area contributed by atoms with Crippen molar-refractivity contribution < 1.29 is 98.1 Å². The fraction of sp³-hybridized carbons (Fsp3) is 0.0577. The lowest BCUT2D eigenvalue weighted by Gasteiger charge is -2.07. The number of halogens is 9. The summed E-state index contributed by atoms with van der Waals surface area (Å²) in [7, 11) is 0. The number of hydrogen-bond acceptors (Lipinski definition) is 24. The summed E-state index contributed by atoms with van der Waals surface area (Å²) in [6.45, 7) is 3.49. The van der Waals surface area contributed by atoms with Crippen molar-refractivity contribution in [3.8, 4) is 22.9 Å². The maximum absolute atomic E-state index is 11.8. The molecule has 0 aliphatic heterocycles. The van der Waals surface area contributed by atoms with Crippen LogP contribution < -0.4 is 33.8 Å². The summed E-state index contributed by atoms with van der Waals surface area (Å²) >= 11 is 34.5. The molecule has 7 aromatic carbocycles. The molecule has 90 heavy (non-hydrogen) atoms. The van der Waals surface area contributed by atoms with E-state index in [2.05, 4.69) is 196 Å². The predicted molar refractivity (Wildman–Crippen MR) is 347 cm³/mol. The molecular formula is C52H52Br5Cl4N8O20P. The normalized spacial score (nSPS) is 9.56. The number of nitrogens with two attached hydrogens (primary N) is 3. The summed E-state index contributed by atoms with van der Waals surface area (Å²) < 4.78 is 22.7. The summed E-state index contributed by atoms with van der Waals surface area (Å²) in [5, 5.41) is 49.8. The first kappa shape index (κ1) is 86.6. The largest absolute Gasteiger partial charge is 0.416 e. The first-order valence-corrected chi connectivity index (χ1v) is 32.1. The Morgan fingerprint density at radius 3 is 1.12 bits per heavy atom. The number of nitrogens with zero attached hydrogens (tertiary/aromatic N) is 2. The number of hydrogen-bond donors (Lipinski definition) is 8. The molecule has 8 rings (SSSR count). The maximum Gasteiger partial charge on any atom is 0.339 e. The van der Waals surface area contributed by atoms with Gasteiger partial charge in [-0.3, -0.25) is 56.5 Å². The third kappa shape index (κ3) is 44.1. The van der Waals surface area contributed by atoms with Crippen molar-refractivity contribution in [2.75, 3.05) is 6.61 Å². The molecule has 8 aromatic rings. The topological polar surface area (TPSA) is 420 Å². The maximum atomic E-state index is 11.8. The minimum atomic E-state index is -3.22. The third-order valence-corrected chi connectivity index (χ3v) is 11.1. The predicted octanol–water partition coefficient (Wildman–Crippen LogP) is 13.4. The lowest BCUT2D eigenvalue weighted by Crippen LogP contribution is -2.41. The highest BCUT2D eigenvalue weighted by Gasteiger charge is 2.11. The molecule has 0 saturated carbocycles. The molecule has 13 N–H and O–H groups in total. The number of aromatic nitrogens is 2. The summed E-state index contributed by atoms with van der Waals surface area (Å²) in [6, 6.07) is 56.0. The van der Waals surface area contributed by atoms with Crippen LogP contribution >= 0.6 is 131 Å². The van der Waals surface area contributed by atoms with Crippen LogP contribution in [0.25, 0.3) is 22.9 Å². The van der Waals surface area contributed by atoms with Gasteiger partial charge in [0.2, 0.25) is 11.8 Å². The quantitative estimate of drug-likeness (QED) is 0.00651. The molecule has 38 heteroatoms. The van der Waals surface area contributed by atoms with E-state index < -0.39 is 10.4 Å². The number of carbonyl (C=O) groups excluding carboxylic acids is 5. The second-order valence-corrected chi connectivity index (χ2v) is 25.6. The summed E-state index contributed by atoms with van der Waals surface area (Å²) in [5.74, 6) is 13.1. The van der Waals surface area contributed by atoms with Crippen LogP contribution in [0.5, 0.6) is 0 Å². The van der Waals surface area contributed by atoms with E-state index in [1.807, 2.05) is 84.3 Å². The van der Waals surface area contributed by atoms with Crippen molar-refractivity contribution in [1.29, 1.82) is 0 Å². The number of amides is 3. The number of aliphatic hydroxyl groups is 1. The highest BCUT2D eigenvalue weighted by atomic mass is 79.9. The molecule has 0 unspecified atom stereocenters. The van der Waals surface area contributed by atoms with E-state index in [1.54, 1.807) is 123 Å². The number of Topliss-reactive ketones (excluding diaryl/α,β-unsaturated/α-hetero) is 1. The van der Waals surface area contributed by atoms with Gasteiger partial charge in [-0.1, -0.05) is 143 Å². The highest BCUT2D eigenvalue weighted by molar-refractivity contribution is 9.11. The molecule has 28 nitrogen and oxygen atoms in total. The summed E-state index contributed by atoms with van der Waals surface area (Å²) in [4.78, 5) is 55.5. The van der Waals surface area contributed by atoms with Gasteiger partial charge in [-0.2, -0.15) is 0 Å². The molecule has 1 aromatic heterocycles. The van der Waals surface area contributed by atoms with Gasteiger partial charge in [-0.05, 0) is 214 Å². The van der Waals surface area contributed by atoms with Crippen LogP contribution in [0.3, 0.4) is 0 Å². The van der Waals surface area contributed by atoms with Crippen LogP contribution in [-0.2, 0) is 53.9 Å². The lowest BCUT2D eigenvalue weighted by atomic mass is 10.2. The van der Waals surface area contributed by atoms with Crippen LogP contribution in [0.1, 0.15) is 65.6 Å². The summed E-state index contributed by atoms with van der Waals surface area (Å²) in [6.07, 6.45) is 0. The number of nitrogen functional groups attached to an aromatic ring is 1. The van der Waals surface area contributed by atoms with E-state index in [0.717, 1.165) is 34.6 Å². The molecule has 0 fully saturated rings. The molecule has 3 amide bonds. The second kappa shape index (κ2) is 54.2. The zero-order valence-electron chi connectivity index (χ0n) is 45.9. The number of nitrogens with one attached hydrogen (secondary N) is 3. The van der Waals surface area contributed by atoms with Crippen LogP contribution in [0.4, 0.5) is 0 Å². The average Bonchev–Trinajstić information content (AvgIpc) is 2.74. The number of carbonyl (C=O) groups is 5.